The lowest BCUT2D eigenvalue weighted by atomic mass is 9.39. The Morgan fingerprint density at radius 2 is 2.07 bits per heavy atom. The van der Waals surface area contributed by atoms with Crippen molar-refractivity contribution in [3.05, 3.63) is 25.3 Å². The first kappa shape index (κ1) is 11.8. The Labute approximate surface area is 91.7 Å². The van der Waals surface area contributed by atoms with Crippen molar-refractivity contribution in [2.24, 2.45) is 5.41 Å². The Morgan fingerprint density at radius 3 is 2.47 bits per heavy atom. The van der Waals surface area contributed by atoms with Crippen LogP contribution >= 0.6 is 0 Å². The second-order valence-corrected chi connectivity index (χ2v) is 4.24. The summed E-state index contributed by atoms with van der Waals surface area (Å²) >= 11 is 0. The van der Waals surface area contributed by atoms with E-state index in [-0.39, 0.29) is 17.9 Å². The van der Waals surface area contributed by atoms with Gasteiger partial charge in [-0.05, 0) is 25.3 Å². The van der Waals surface area contributed by atoms with Gasteiger partial charge in [0.05, 0.1) is 0 Å². The monoisotopic (exact) mass is 201 g/mol. The molecule has 0 saturated carbocycles. The zero-order valence-corrected chi connectivity index (χ0v) is 9.04. The van der Waals surface area contributed by atoms with E-state index >= 15 is 0 Å². The zero-order chi connectivity index (χ0) is 11.3. The van der Waals surface area contributed by atoms with Crippen LogP contribution in [0.5, 0.6) is 0 Å². The van der Waals surface area contributed by atoms with E-state index in [9.17, 15) is 4.79 Å². The first-order chi connectivity index (χ1) is 7.18. The minimum atomic E-state index is -0.309. The molecule has 0 N–H and O–H groups in total. The number of allylic oxidation sites excluding steroid dienone is 2. The number of nitriles is 1. The lowest BCUT2D eigenvalue weighted by molar-refractivity contribution is -0.124. The van der Waals surface area contributed by atoms with Gasteiger partial charge in [0.15, 0.2) is 5.78 Å². The highest BCUT2D eigenvalue weighted by Crippen LogP contribution is 2.41. The van der Waals surface area contributed by atoms with Crippen molar-refractivity contribution < 1.29 is 4.79 Å². The predicted molar refractivity (Wildman–Crippen MR) is 62.7 cm³/mol. The zero-order valence-electron chi connectivity index (χ0n) is 9.04. The molecule has 0 amide bonds. The van der Waals surface area contributed by atoms with Crippen LogP contribution in [0.2, 0.25) is 12.6 Å². The fourth-order valence-electron chi connectivity index (χ4n) is 2.34. The molecule has 1 aliphatic rings. The van der Waals surface area contributed by atoms with Gasteiger partial charge in [-0.3, -0.25) is 4.79 Å². The molecular weight excluding hydrogens is 185 g/mol. The maximum atomic E-state index is 11.8. The molecule has 1 fully saturated rings. The molecule has 2 nitrogen and oxygen atoms in total. The highest BCUT2D eigenvalue weighted by atomic mass is 16.1. The molecule has 78 valence electrons. The number of hydrogen-bond acceptors (Lipinski definition) is 2. The first-order valence-corrected chi connectivity index (χ1v) is 5.36. The SMILES string of the molecule is C=CCC1(C(=O)C=C)CCB(C#N)CC1. The van der Waals surface area contributed by atoms with Crippen molar-refractivity contribution in [2.75, 3.05) is 0 Å². The highest BCUT2D eigenvalue weighted by molar-refractivity contribution is 6.67. The fraction of sp³-hybridized carbons (Fsp3) is 0.500. The van der Waals surface area contributed by atoms with E-state index in [2.05, 4.69) is 19.1 Å². The molecule has 0 aliphatic carbocycles. The molecule has 0 bridgehead atoms. The van der Waals surface area contributed by atoms with E-state index in [1.54, 1.807) is 6.08 Å². The van der Waals surface area contributed by atoms with E-state index in [0.29, 0.717) is 6.42 Å². The van der Waals surface area contributed by atoms with Crippen LogP contribution in [0, 0.1) is 16.6 Å². The van der Waals surface area contributed by atoms with Crippen molar-refractivity contribution in [3.8, 4) is 5.97 Å². The van der Waals surface area contributed by atoms with Crippen LogP contribution in [0.1, 0.15) is 19.3 Å². The average molecular weight is 201 g/mol. The Balaban J connectivity index is 2.77. The summed E-state index contributed by atoms with van der Waals surface area (Å²) in [7, 11) is 0. The summed E-state index contributed by atoms with van der Waals surface area (Å²) in [5.41, 5.74) is -0.309. The summed E-state index contributed by atoms with van der Waals surface area (Å²) in [4.78, 5) is 11.8. The Bertz CT molecular complexity index is 308. The smallest absolute Gasteiger partial charge is 0.267 e. The van der Waals surface area contributed by atoms with Crippen molar-refractivity contribution in [1.82, 2.24) is 0 Å². The third kappa shape index (κ3) is 2.39. The fourth-order valence-corrected chi connectivity index (χ4v) is 2.34. The third-order valence-corrected chi connectivity index (χ3v) is 3.37. The molecule has 0 spiro atoms. The van der Waals surface area contributed by atoms with Crippen molar-refractivity contribution >= 4 is 12.5 Å². The van der Waals surface area contributed by atoms with Gasteiger partial charge >= 0.3 is 0 Å². The highest BCUT2D eigenvalue weighted by Gasteiger charge is 2.40. The minimum absolute atomic E-state index is 0.110. The third-order valence-electron chi connectivity index (χ3n) is 3.37. The van der Waals surface area contributed by atoms with Crippen LogP contribution < -0.4 is 0 Å². The Hall–Kier alpha value is -1.30. The van der Waals surface area contributed by atoms with Crippen LogP contribution in [0.25, 0.3) is 0 Å². The largest absolute Gasteiger partial charge is 0.294 e. The van der Waals surface area contributed by atoms with Gasteiger partial charge < -0.3 is 0 Å². The molecule has 3 heteroatoms. The normalized spacial score (nSPS) is 19.0. The van der Waals surface area contributed by atoms with Gasteiger partial charge in [-0.2, -0.15) is 0 Å². The molecule has 1 rings (SSSR count). The molecule has 1 saturated heterocycles. The molecule has 0 atom stereocenters. The number of hydrogen-bond donors (Lipinski definition) is 0. The lowest BCUT2D eigenvalue weighted by Gasteiger charge is -2.35. The predicted octanol–water partition coefficient (Wildman–Crippen LogP) is 2.66. The molecule has 15 heavy (non-hydrogen) atoms. The van der Waals surface area contributed by atoms with E-state index in [1.807, 2.05) is 0 Å². The van der Waals surface area contributed by atoms with Gasteiger partial charge in [0, 0.05) is 11.4 Å². The summed E-state index contributed by atoms with van der Waals surface area (Å²) < 4.78 is 0. The van der Waals surface area contributed by atoms with Crippen LogP contribution in [0.4, 0.5) is 0 Å². The van der Waals surface area contributed by atoms with E-state index < -0.39 is 0 Å². The summed E-state index contributed by atoms with van der Waals surface area (Å²) in [6.45, 7) is 7.38. The number of ketones is 1. The summed E-state index contributed by atoms with van der Waals surface area (Å²) in [5, 5.41) is 8.81. The summed E-state index contributed by atoms with van der Waals surface area (Å²) in [6.07, 6.45) is 7.15. The standard InChI is InChI=1S/C12H16BNO/c1-3-5-12(11(15)4-2)6-8-13(10-14)9-7-12/h3-4H,1-2,5-9H2. The Morgan fingerprint density at radius 1 is 1.47 bits per heavy atom. The van der Waals surface area contributed by atoms with Gasteiger partial charge in [0.1, 0.15) is 0 Å². The molecule has 1 heterocycles. The maximum absolute atomic E-state index is 11.8. The summed E-state index contributed by atoms with van der Waals surface area (Å²) in [6, 6.07) is 0. The second kappa shape index (κ2) is 4.98. The van der Waals surface area contributed by atoms with E-state index in [4.69, 9.17) is 5.26 Å². The summed E-state index contributed by atoms with van der Waals surface area (Å²) in [5.74, 6) is 2.39. The topological polar surface area (TPSA) is 40.9 Å². The number of nitrogens with zero attached hydrogens (tertiary/aromatic N) is 1. The van der Waals surface area contributed by atoms with Gasteiger partial charge in [-0.15, -0.1) is 6.58 Å². The average Bonchev–Trinajstić information content (AvgIpc) is 2.29. The Kier molecular flexibility index (Phi) is 3.91. The van der Waals surface area contributed by atoms with Crippen molar-refractivity contribution in [3.63, 3.8) is 0 Å². The van der Waals surface area contributed by atoms with Crippen LogP contribution in [-0.2, 0) is 4.79 Å². The van der Waals surface area contributed by atoms with Crippen LogP contribution in [0.15, 0.2) is 25.3 Å². The second-order valence-electron chi connectivity index (χ2n) is 4.24. The molecule has 0 unspecified atom stereocenters. The number of carbonyl (C=O) groups excluding carboxylic acids is 1. The van der Waals surface area contributed by atoms with Gasteiger partial charge in [0.2, 0.25) is 0 Å². The van der Waals surface area contributed by atoms with Crippen LogP contribution in [0.3, 0.4) is 0 Å². The minimum Gasteiger partial charge on any atom is -0.294 e. The van der Waals surface area contributed by atoms with Gasteiger partial charge in [0.25, 0.3) is 6.71 Å². The van der Waals surface area contributed by atoms with E-state index in [0.717, 1.165) is 25.5 Å². The molecule has 0 radical (unpaired) electrons. The quantitative estimate of drug-likeness (QED) is 0.398. The van der Waals surface area contributed by atoms with Crippen LogP contribution in [-0.4, -0.2) is 12.5 Å². The first-order valence-electron chi connectivity index (χ1n) is 5.36. The van der Waals surface area contributed by atoms with Gasteiger partial charge in [-0.25, -0.2) is 5.26 Å². The number of rotatable bonds is 4. The van der Waals surface area contributed by atoms with Gasteiger partial charge in [-0.1, -0.05) is 25.3 Å². The molecule has 0 aromatic carbocycles. The van der Waals surface area contributed by atoms with Crippen molar-refractivity contribution in [1.29, 1.82) is 5.26 Å². The molecule has 0 aromatic rings. The maximum Gasteiger partial charge on any atom is 0.267 e. The number of carbonyl (C=O) groups is 1. The molecule has 1 aliphatic heterocycles. The molecular formula is C12H16BNO. The van der Waals surface area contributed by atoms with Crippen molar-refractivity contribution in [2.45, 2.75) is 31.9 Å². The van der Waals surface area contributed by atoms with E-state index in [1.165, 1.54) is 6.08 Å². The lowest BCUT2D eigenvalue weighted by Crippen LogP contribution is -2.36. The molecule has 0 aromatic heterocycles.